The summed E-state index contributed by atoms with van der Waals surface area (Å²) in [5, 5.41) is 3.52. The fourth-order valence-corrected chi connectivity index (χ4v) is 3.12. The Morgan fingerprint density at radius 1 is 1.24 bits per heavy atom. The fraction of sp³-hybridized carbons (Fsp3) is 1.00. The van der Waals surface area contributed by atoms with Crippen molar-refractivity contribution in [2.75, 3.05) is 6.54 Å². The van der Waals surface area contributed by atoms with Crippen LogP contribution in [0.2, 0.25) is 0 Å². The summed E-state index contributed by atoms with van der Waals surface area (Å²) in [7, 11) is 0. The van der Waals surface area contributed by atoms with Gasteiger partial charge >= 0.3 is 0 Å². The van der Waals surface area contributed by atoms with Gasteiger partial charge in [-0.3, -0.25) is 0 Å². The third-order valence-corrected chi connectivity index (χ3v) is 4.07. The molecule has 0 radical (unpaired) electrons. The van der Waals surface area contributed by atoms with E-state index >= 15 is 0 Å². The smallest absolute Gasteiger partial charge is 0.248 e. The molecule has 0 amide bonds. The summed E-state index contributed by atoms with van der Waals surface area (Å²) < 4.78 is 26.3. The molecular weight excluding hydrogens is 220 g/mol. The number of rotatable bonds is 6. The van der Waals surface area contributed by atoms with E-state index in [-0.39, 0.29) is 12.8 Å². The lowest BCUT2D eigenvalue weighted by atomic mass is 9.77. The molecule has 3 heteroatoms. The van der Waals surface area contributed by atoms with Crippen LogP contribution in [-0.2, 0) is 0 Å². The van der Waals surface area contributed by atoms with Gasteiger partial charge in [0.05, 0.1) is 0 Å². The Morgan fingerprint density at radius 2 is 1.82 bits per heavy atom. The predicted octanol–water partition coefficient (Wildman–Crippen LogP) is 4.23. The highest BCUT2D eigenvalue weighted by Gasteiger charge is 2.38. The van der Waals surface area contributed by atoms with Crippen LogP contribution in [0.3, 0.4) is 0 Å². The minimum atomic E-state index is -2.40. The van der Waals surface area contributed by atoms with E-state index in [4.69, 9.17) is 0 Å². The average Bonchev–Trinajstić information content (AvgIpc) is 2.27. The summed E-state index contributed by atoms with van der Waals surface area (Å²) in [6.07, 6.45) is 3.88. The maximum Gasteiger partial charge on any atom is 0.248 e. The van der Waals surface area contributed by atoms with E-state index in [2.05, 4.69) is 26.1 Å². The van der Waals surface area contributed by atoms with Crippen molar-refractivity contribution in [1.82, 2.24) is 5.32 Å². The minimum Gasteiger partial charge on any atom is -0.314 e. The summed E-state index contributed by atoms with van der Waals surface area (Å²) in [6, 6.07) is 0.427. The maximum atomic E-state index is 13.2. The van der Waals surface area contributed by atoms with Gasteiger partial charge in [-0.05, 0) is 37.6 Å². The number of alkyl halides is 2. The average molecular weight is 247 g/mol. The molecule has 0 heterocycles. The molecule has 1 nitrogen and oxygen atoms in total. The zero-order valence-corrected chi connectivity index (χ0v) is 11.4. The van der Waals surface area contributed by atoms with Crippen molar-refractivity contribution in [2.24, 2.45) is 11.8 Å². The standard InChI is InChI=1S/C14H27F2N/c1-4-6-11(3)13(17-5-2)12-7-9-14(15,16)10-8-12/h11-13,17H,4-10H2,1-3H3. The van der Waals surface area contributed by atoms with Crippen LogP contribution in [0.25, 0.3) is 0 Å². The van der Waals surface area contributed by atoms with Crippen molar-refractivity contribution >= 4 is 0 Å². The van der Waals surface area contributed by atoms with E-state index < -0.39 is 5.92 Å². The molecule has 0 aromatic rings. The number of hydrogen-bond acceptors (Lipinski definition) is 1. The summed E-state index contributed by atoms with van der Waals surface area (Å²) in [6.45, 7) is 7.48. The van der Waals surface area contributed by atoms with Gasteiger partial charge in [-0.2, -0.15) is 0 Å². The zero-order valence-electron chi connectivity index (χ0n) is 11.4. The van der Waals surface area contributed by atoms with E-state index in [9.17, 15) is 8.78 Å². The van der Waals surface area contributed by atoms with Crippen LogP contribution in [0.4, 0.5) is 8.78 Å². The molecule has 0 spiro atoms. The van der Waals surface area contributed by atoms with Crippen molar-refractivity contribution in [1.29, 1.82) is 0 Å². The van der Waals surface area contributed by atoms with Gasteiger partial charge in [0.1, 0.15) is 0 Å². The lowest BCUT2D eigenvalue weighted by Gasteiger charge is -2.37. The highest BCUT2D eigenvalue weighted by molar-refractivity contribution is 4.87. The maximum absolute atomic E-state index is 13.2. The number of hydrogen-bond donors (Lipinski definition) is 1. The second-order valence-corrected chi connectivity index (χ2v) is 5.54. The van der Waals surface area contributed by atoms with Crippen LogP contribution in [-0.4, -0.2) is 18.5 Å². The Kier molecular flexibility index (Phi) is 5.84. The van der Waals surface area contributed by atoms with Crippen molar-refractivity contribution in [3.05, 3.63) is 0 Å². The third kappa shape index (κ3) is 4.53. The molecule has 1 fully saturated rings. The second kappa shape index (κ2) is 6.67. The van der Waals surface area contributed by atoms with Crippen molar-refractivity contribution in [3.63, 3.8) is 0 Å². The summed E-state index contributed by atoms with van der Waals surface area (Å²) in [5.74, 6) is -1.37. The molecular formula is C14H27F2N. The lowest BCUT2D eigenvalue weighted by Crippen LogP contribution is -2.44. The molecule has 0 saturated heterocycles. The van der Waals surface area contributed by atoms with Gasteiger partial charge in [-0.1, -0.05) is 27.2 Å². The molecule has 2 unspecified atom stereocenters. The zero-order chi connectivity index (χ0) is 12.9. The van der Waals surface area contributed by atoms with Crippen LogP contribution < -0.4 is 5.32 Å². The Bertz CT molecular complexity index is 208. The molecule has 1 aliphatic carbocycles. The van der Waals surface area contributed by atoms with Crippen molar-refractivity contribution in [3.8, 4) is 0 Å². The normalized spacial score (nSPS) is 24.5. The van der Waals surface area contributed by atoms with Gasteiger partial charge in [0.25, 0.3) is 0 Å². The van der Waals surface area contributed by atoms with Crippen LogP contribution in [0.15, 0.2) is 0 Å². The predicted molar refractivity (Wildman–Crippen MR) is 68.4 cm³/mol. The summed E-state index contributed by atoms with van der Waals surface area (Å²) in [4.78, 5) is 0. The largest absolute Gasteiger partial charge is 0.314 e. The van der Waals surface area contributed by atoms with Gasteiger partial charge in [0.15, 0.2) is 0 Å². The van der Waals surface area contributed by atoms with Gasteiger partial charge < -0.3 is 5.32 Å². The van der Waals surface area contributed by atoms with Gasteiger partial charge in [-0.15, -0.1) is 0 Å². The molecule has 102 valence electrons. The quantitative estimate of drug-likeness (QED) is 0.740. The second-order valence-electron chi connectivity index (χ2n) is 5.54. The SMILES string of the molecule is CCCC(C)C(NCC)C1CCC(F)(F)CC1. The van der Waals surface area contributed by atoms with Gasteiger partial charge in [0.2, 0.25) is 5.92 Å². The molecule has 1 aliphatic rings. The summed E-state index contributed by atoms with van der Waals surface area (Å²) in [5.41, 5.74) is 0. The van der Waals surface area contributed by atoms with Crippen LogP contribution in [0.5, 0.6) is 0 Å². The monoisotopic (exact) mass is 247 g/mol. The first kappa shape index (κ1) is 14.9. The van der Waals surface area contributed by atoms with Crippen LogP contribution in [0, 0.1) is 11.8 Å². The van der Waals surface area contributed by atoms with Crippen molar-refractivity contribution < 1.29 is 8.78 Å². The molecule has 0 bridgehead atoms. The van der Waals surface area contributed by atoms with E-state index in [0.29, 0.717) is 30.7 Å². The third-order valence-electron chi connectivity index (χ3n) is 4.07. The minimum absolute atomic E-state index is 0.0818. The number of halogens is 2. The lowest BCUT2D eigenvalue weighted by molar-refractivity contribution is -0.0518. The van der Waals surface area contributed by atoms with E-state index in [0.717, 1.165) is 6.54 Å². The molecule has 0 aliphatic heterocycles. The summed E-state index contributed by atoms with van der Waals surface area (Å²) >= 11 is 0. The van der Waals surface area contributed by atoms with Gasteiger partial charge in [-0.25, -0.2) is 8.78 Å². The first-order valence-corrected chi connectivity index (χ1v) is 7.11. The van der Waals surface area contributed by atoms with Crippen molar-refractivity contribution in [2.45, 2.75) is 71.3 Å². The van der Waals surface area contributed by atoms with E-state index in [1.807, 2.05) is 0 Å². The Labute approximate surface area is 104 Å². The van der Waals surface area contributed by atoms with Crippen LogP contribution >= 0.6 is 0 Å². The Morgan fingerprint density at radius 3 is 2.29 bits per heavy atom. The number of nitrogens with one attached hydrogen (secondary N) is 1. The highest BCUT2D eigenvalue weighted by atomic mass is 19.3. The Hall–Kier alpha value is -0.180. The Balaban J connectivity index is 2.53. The topological polar surface area (TPSA) is 12.0 Å². The molecule has 0 aromatic carbocycles. The van der Waals surface area contributed by atoms with E-state index in [1.165, 1.54) is 12.8 Å². The van der Waals surface area contributed by atoms with E-state index in [1.54, 1.807) is 0 Å². The fourth-order valence-electron chi connectivity index (χ4n) is 3.12. The molecule has 1 rings (SSSR count). The molecule has 17 heavy (non-hydrogen) atoms. The molecule has 1 saturated carbocycles. The molecule has 2 atom stereocenters. The highest BCUT2D eigenvalue weighted by Crippen LogP contribution is 2.39. The van der Waals surface area contributed by atoms with Gasteiger partial charge in [0, 0.05) is 18.9 Å². The molecule has 0 aromatic heterocycles. The molecule has 1 N–H and O–H groups in total. The first-order chi connectivity index (χ1) is 8.00. The first-order valence-electron chi connectivity index (χ1n) is 7.11. The van der Waals surface area contributed by atoms with Crippen LogP contribution in [0.1, 0.15) is 59.3 Å².